The van der Waals surface area contributed by atoms with E-state index in [1.54, 1.807) is 0 Å². The van der Waals surface area contributed by atoms with Gasteiger partial charge in [-0.05, 0) is 43.0 Å². The number of nitrogens with zero attached hydrogens (tertiary/aromatic N) is 1. The first-order chi connectivity index (χ1) is 11.1. The van der Waals surface area contributed by atoms with Gasteiger partial charge in [0, 0.05) is 30.2 Å². The zero-order chi connectivity index (χ0) is 16.2. The van der Waals surface area contributed by atoms with Crippen LogP contribution in [0, 0.1) is 5.92 Å². The summed E-state index contributed by atoms with van der Waals surface area (Å²) in [4.78, 5) is 25.9. The van der Waals surface area contributed by atoms with Crippen LogP contribution in [0.15, 0.2) is 24.3 Å². The molecule has 0 spiro atoms. The van der Waals surface area contributed by atoms with Crippen LogP contribution in [0.3, 0.4) is 0 Å². The summed E-state index contributed by atoms with van der Waals surface area (Å²) in [5.41, 5.74) is 1.98. The van der Waals surface area contributed by atoms with Crippen molar-refractivity contribution in [2.24, 2.45) is 5.92 Å². The molecule has 6 heteroatoms. The van der Waals surface area contributed by atoms with Crippen molar-refractivity contribution in [1.82, 2.24) is 5.32 Å². The lowest BCUT2D eigenvalue weighted by Crippen LogP contribution is -2.49. The van der Waals surface area contributed by atoms with Crippen LogP contribution in [0.1, 0.15) is 19.8 Å². The SMILES string of the molecule is CC1CCN(c2ccc(NC(=O)C3CSCC(=O)N3)cc2)CC1. The Kier molecular flexibility index (Phi) is 5.10. The molecule has 124 valence electrons. The molecule has 2 saturated heterocycles. The van der Waals surface area contributed by atoms with Gasteiger partial charge in [0.1, 0.15) is 6.04 Å². The highest BCUT2D eigenvalue weighted by molar-refractivity contribution is 8.00. The van der Waals surface area contributed by atoms with E-state index in [9.17, 15) is 9.59 Å². The molecule has 1 unspecified atom stereocenters. The van der Waals surface area contributed by atoms with Gasteiger partial charge in [0.25, 0.3) is 0 Å². The zero-order valence-electron chi connectivity index (χ0n) is 13.4. The second-order valence-electron chi connectivity index (χ2n) is 6.34. The lowest BCUT2D eigenvalue weighted by Gasteiger charge is -2.32. The minimum absolute atomic E-state index is 0.0731. The second-order valence-corrected chi connectivity index (χ2v) is 7.37. The number of anilines is 2. The predicted octanol–water partition coefficient (Wildman–Crippen LogP) is 2.09. The van der Waals surface area contributed by atoms with Gasteiger partial charge in [0.05, 0.1) is 5.75 Å². The summed E-state index contributed by atoms with van der Waals surface area (Å²) in [6, 6.07) is 7.54. The third kappa shape index (κ3) is 4.19. The van der Waals surface area contributed by atoms with Crippen molar-refractivity contribution in [1.29, 1.82) is 0 Å². The number of amides is 2. The minimum atomic E-state index is -0.440. The molecule has 2 heterocycles. The Morgan fingerprint density at radius 3 is 2.61 bits per heavy atom. The fourth-order valence-electron chi connectivity index (χ4n) is 2.94. The van der Waals surface area contributed by atoms with Crippen molar-refractivity contribution >= 4 is 35.0 Å². The zero-order valence-corrected chi connectivity index (χ0v) is 14.2. The molecule has 1 aromatic rings. The van der Waals surface area contributed by atoms with Gasteiger partial charge in [-0.3, -0.25) is 9.59 Å². The van der Waals surface area contributed by atoms with Crippen LogP contribution in [0.5, 0.6) is 0 Å². The second kappa shape index (κ2) is 7.25. The van der Waals surface area contributed by atoms with E-state index in [1.807, 2.05) is 12.1 Å². The lowest BCUT2D eigenvalue weighted by atomic mass is 9.99. The normalized spacial score (nSPS) is 22.6. The fraction of sp³-hybridized carbons (Fsp3) is 0.529. The topological polar surface area (TPSA) is 61.4 Å². The molecule has 0 radical (unpaired) electrons. The molecule has 0 aromatic heterocycles. The van der Waals surface area contributed by atoms with Crippen LogP contribution >= 0.6 is 11.8 Å². The Morgan fingerprint density at radius 2 is 1.96 bits per heavy atom. The molecule has 0 aliphatic carbocycles. The van der Waals surface area contributed by atoms with Crippen LogP contribution in [-0.4, -0.2) is 42.5 Å². The Balaban J connectivity index is 1.57. The molecular weight excluding hydrogens is 310 g/mol. The molecule has 23 heavy (non-hydrogen) atoms. The Labute approximate surface area is 141 Å². The maximum absolute atomic E-state index is 12.2. The molecule has 0 bridgehead atoms. The van der Waals surface area contributed by atoms with Gasteiger partial charge < -0.3 is 15.5 Å². The summed E-state index contributed by atoms with van der Waals surface area (Å²) in [5.74, 6) is 1.66. The summed E-state index contributed by atoms with van der Waals surface area (Å²) < 4.78 is 0. The first-order valence-electron chi connectivity index (χ1n) is 8.15. The third-order valence-electron chi connectivity index (χ3n) is 4.45. The lowest BCUT2D eigenvalue weighted by molar-refractivity contribution is -0.124. The molecule has 1 aromatic carbocycles. The highest BCUT2D eigenvalue weighted by Crippen LogP contribution is 2.24. The highest BCUT2D eigenvalue weighted by atomic mass is 32.2. The number of hydrogen-bond donors (Lipinski definition) is 2. The quantitative estimate of drug-likeness (QED) is 0.889. The predicted molar refractivity (Wildman–Crippen MR) is 94.9 cm³/mol. The van der Waals surface area contributed by atoms with Crippen molar-refractivity contribution in [2.45, 2.75) is 25.8 Å². The Morgan fingerprint density at radius 1 is 1.26 bits per heavy atom. The van der Waals surface area contributed by atoms with Crippen LogP contribution in [-0.2, 0) is 9.59 Å². The van der Waals surface area contributed by atoms with Gasteiger partial charge in [-0.1, -0.05) is 6.92 Å². The molecule has 1 atom stereocenters. The molecular formula is C17H23N3O2S. The number of rotatable bonds is 3. The van der Waals surface area contributed by atoms with Crippen LogP contribution < -0.4 is 15.5 Å². The molecule has 2 aliphatic heterocycles. The molecule has 2 amide bonds. The minimum Gasteiger partial charge on any atom is -0.372 e. The average molecular weight is 333 g/mol. The third-order valence-corrected chi connectivity index (χ3v) is 5.49. The Hall–Kier alpha value is -1.69. The molecule has 2 aliphatic rings. The van der Waals surface area contributed by atoms with E-state index in [-0.39, 0.29) is 11.8 Å². The molecule has 5 nitrogen and oxygen atoms in total. The molecule has 0 saturated carbocycles. The first-order valence-corrected chi connectivity index (χ1v) is 9.30. The summed E-state index contributed by atoms with van der Waals surface area (Å²) >= 11 is 1.49. The van der Waals surface area contributed by atoms with Crippen molar-refractivity contribution in [3.63, 3.8) is 0 Å². The maximum Gasteiger partial charge on any atom is 0.247 e. The number of thioether (sulfide) groups is 1. The fourth-order valence-corrected chi connectivity index (χ4v) is 3.80. The van der Waals surface area contributed by atoms with E-state index < -0.39 is 6.04 Å². The van der Waals surface area contributed by atoms with Crippen LogP contribution in [0.2, 0.25) is 0 Å². The summed E-state index contributed by atoms with van der Waals surface area (Å²) in [7, 11) is 0. The number of carbonyl (C=O) groups is 2. The first kappa shape index (κ1) is 16.2. The van der Waals surface area contributed by atoms with Gasteiger partial charge >= 0.3 is 0 Å². The van der Waals surface area contributed by atoms with Gasteiger partial charge in [-0.15, -0.1) is 11.8 Å². The van der Waals surface area contributed by atoms with E-state index in [0.717, 1.165) is 24.7 Å². The standard InChI is InChI=1S/C17H23N3O2S/c1-12-6-8-20(9-7-12)14-4-2-13(3-5-14)18-17(22)15-10-23-11-16(21)19-15/h2-5,12,15H,6-11H2,1H3,(H,18,22)(H,19,21). The number of hydrogen-bond acceptors (Lipinski definition) is 4. The van der Waals surface area contributed by atoms with Gasteiger partial charge in [0.2, 0.25) is 11.8 Å². The van der Waals surface area contributed by atoms with E-state index in [0.29, 0.717) is 11.5 Å². The van der Waals surface area contributed by atoms with E-state index in [4.69, 9.17) is 0 Å². The number of nitrogens with one attached hydrogen (secondary N) is 2. The molecule has 3 rings (SSSR count). The van der Waals surface area contributed by atoms with Crippen molar-refractivity contribution < 1.29 is 9.59 Å². The molecule has 2 fully saturated rings. The van der Waals surface area contributed by atoms with Gasteiger partial charge in [-0.25, -0.2) is 0 Å². The van der Waals surface area contributed by atoms with Crippen LogP contribution in [0.4, 0.5) is 11.4 Å². The number of benzene rings is 1. The maximum atomic E-state index is 12.2. The monoisotopic (exact) mass is 333 g/mol. The van der Waals surface area contributed by atoms with Crippen molar-refractivity contribution in [3.8, 4) is 0 Å². The van der Waals surface area contributed by atoms with E-state index in [1.165, 1.54) is 30.3 Å². The largest absolute Gasteiger partial charge is 0.372 e. The number of piperidine rings is 1. The highest BCUT2D eigenvalue weighted by Gasteiger charge is 2.25. The smallest absolute Gasteiger partial charge is 0.247 e. The number of carbonyl (C=O) groups excluding carboxylic acids is 2. The average Bonchev–Trinajstić information content (AvgIpc) is 2.56. The van der Waals surface area contributed by atoms with Crippen LogP contribution in [0.25, 0.3) is 0 Å². The summed E-state index contributed by atoms with van der Waals surface area (Å²) in [6.07, 6.45) is 2.47. The van der Waals surface area contributed by atoms with Crippen molar-refractivity contribution in [3.05, 3.63) is 24.3 Å². The molecule has 2 N–H and O–H groups in total. The summed E-state index contributed by atoms with van der Waals surface area (Å²) in [6.45, 7) is 4.49. The van der Waals surface area contributed by atoms with Crippen molar-refractivity contribution in [2.75, 3.05) is 34.8 Å². The van der Waals surface area contributed by atoms with E-state index in [2.05, 4.69) is 34.6 Å². The Bertz CT molecular complexity index is 568. The van der Waals surface area contributed by atoms with E-state index >= 15 is 0 Å². The van der Waals surface area contributed by atoms with Gasteiger partial charge in [0.15, 0.2) is 0 Å². The van der Waals surface area contributed by atoms with Gasteiger partial charge in [-0.2, -0.15) is 0 Å². The summed E-state index contributed by atoms with van der Waals surface area (Å²) in [5, 5.41) is 5.61.